The summed E-state index contributed by atoms with van der Waals surface area (Å²) in [6.07, 6.45) is 0. The first-order valence-electron chi connectivity index (χ1n) is 5.37. The van der Waals surface area contributed by atoms with Gasteiger partial charge in [-0.25, -0.2) is 0 Å². The zero-order valence-corrected chi connectivity index (χ0v) is 10.7. The van der Waals surface area contributed by atoms with Crippen LogP contribution in [-0.4, -0.2) is 30.4 Å². The summed E-state index contributed by atoms with van der Waals surface area (Å²) >= 11 is 1.21. The van der Waals surface area contributed by atoms with E-state index in [9.17, 15) is 9.59 Å². The number of thioether (sulfide) groups is 1. The van der Waals surface area contributed by atoms with Crippen LogP contribution in [0.3, 0.4) is 0 Å². The lowest BCUT2D eigenvalue weighted by atomic mass is 10.2. The van der Waals surface area contributed by atoms with Crippen LogP contribution in [-0.2, 0) is 9.53 Å². The second-order valence-electron chi connectivity index (χ2n) is 3.64. The standard InChI is InChI=1S/C13H12O4S/c1-16-13(15)8-18-7-10(14)12-6-9-4-2-3-5-11(9)17-12/h2-6H,7-8H2,1H3. The molecule has 0 unspecified atom stereocenters. The molecule has 0 radical (unpaired) electrons. The number of hydrogen-bond donors (Lipinski definition) is 0. The number of methoxy groups -OCH3 is 1. The molecule has 94 valence electrons. The van der Waals surface area contributed by atoms with Gasteiger partial charge in [0.2, 0.25) is 5.78 Å². The molecule has 0 aliphatic carbocycles. The van der Waals surface area contributed by atoms with Crippen molar-refractivity contribution in [3.05, 3.63) is 36.1 Å². The van der Waals surface area contributed by atoms with Crippen LogP contribution >= 0.6 is 11.8 Å². The molecule has 2 aromatic rings. The van der Waals surface area contributed by atoms with E-state index < -0.39 is 0 Å². The second-order valence-corrected chi connectivity index (χ2v) is 4.63. The van der Waals surface area contributed by atoms with Gasteiger partial charge in [0.15, 0.2) is 5.76 Å². The van der Waals surface area contributed by atoms with Gasteiger partial charge in [0.1, 0.15) is 5.58 Å². The summed E-state index contributed by atoms with van der Waals surface area (Å²) in [6, 6.07) is 9.16. The topological polar surface area (TPSA) is 56.5 Å². The van der Waals surface area contributed by atoms with Crippen molar-refractivity contribution in [2.24, 2.45) is 0 Å². The Labute approximate surface area is 108 Å². The first kappa shape index (κ1) is 12.7. The zero-order chi connectivity index (χ0) is 13.0. The molecule has 0 atom stereocenters. The van der Waals surface area contributed by atoms with Gasteiger partial charge in [-0.2, -0.15) is 0 Å². The fraction of sp³-hybridized carbons (Fsp3) is 0.231. The monoisotopic (exact) mass is 264 g/mol. The highest BCUT2D eigenvalue weighted by Gasteiger charge is 2.13. The number of rotatable bonds is 5. The van der Waals surface area contributed by atoms with Crippen molar-refractivity contribution in [2.75, 3.05) is 18.6 Å². The molecule has 0 bridgehead atoms. The summed E-state index contributed by atoms with van der Waals surface area (Å²) < 4.78 is 9.93. The Bertz CT molecular complexity index is 540. The molecule has 0 saturated carbocycles. The lowest BCUT2D eigenvalue weighted by Gasteiger charge is -1.97. The quantitative estimate of drug-likeness (QED) is 0.613. The van der Waals surface area contributed by atoms with Crippen LogP contribution in [0.25, 0.3) is 11.0 Å². The number of ether oxygens (including phenoxy) is 1. The molecule has 2 rings (SSSR count). The highest BCUT2D eigenvalue weighted by molar-refractivity contribution is 8.00. The molecular formula is C13H12O4S. The Hall–Kier alpha value is -1.75. The van der Waals surface area contributed by atoms with Crippen molar-refractivity contribution < 1.29 is 18.7 Å². The number of Topliss-reactive ketones (excluding diaryl/α,β-unsaturated/α-hetero) is 1. The Balaban J connectivity index is 1.98. The maximum atomic E-state index is 11.8. The van der Waals surface area contributed by atoms with Gasteiger partial charge in [0.05, 0.1) is 18.6 Å². The number of fused-ring (bicyclic) bond motifs is 1. The molecule has 1 aromatic heterocycles. The Kier molecular flexibility index (Phi) is 4.04. The molecule has 5 heteroatoms. The minimum absolute atomic E-state index is 0.125. The van der Waals surface area contributed by atoms with Crippen LogP contribution in [0.4, 0.5) is 0 Å². The normalized spacial score (nSPS) is 10.5. The van der Waals surface area contributed by atoms with E-state index in [1.165, 1.54) is 18.9 Å². The maximum Gasteiger partial charge on any atom is 0.315 e. The Morgan fingerprint density at radius 1 is 1.28 bits per heavy atom. The molecule has 0 fully saturated rings. The summed E-state index contributed by atoms with van der Waals surface area (Å²) in [7, 11) is 1.32. The Morgan fingerprint density at radius 3 is 2.78 bits per heavy atom. The molecule has 4 nitrogen and oxygen atoms in total. The molecule has 1 heterocycles. The van der Waals surface area contributed by atoms with Crippen molar-refractivity contribution in [1.82, 2.24) is 0 Å². The molecule has 18 heavy (non-hydrogen) atoms. The van der Waals surface area contributed by atoms with E-state index in [1.807, 2.05) is 24.3 Å². The molecule has 0 amide bonds. The molecular weight excluding hydrogens is 252 g/mol. The largest absolute Gasteiger partial charge is 0.468 e. The van der Waals surface area contributed by atoms with Crippen LogP contribution in [0.1, 0.15) is 10.6 Å². The molecule has 0 spiro atoms. The molecule has 0 aliphatic rings. The van der Waals surface area contributed by atoms with Gasteiger partial charge in [-0.15, -0.1) is 11.8 Å². The number of hydrogen-bond acceptors (Lipinski definition) is 5. The van der Waals surface area contributed by atoms with Crippen molar-refractivity contribution in [2.45, 2.75) is 0 Å². The van der Waals surface area contributed by atoms with Crippen molar-refractivity contribution >= 4 is 34.5 Å². The van der Waals surface area contributed by atoms with Gasteiger partial charge in [0.25, 0.3) is 0 Å². The van der Waals surface area contributed by atoms with Gasteiger partial charge in [0, 0.05) is 5.39 Å². The SMILES string of the molecule is COC(=O)CSCC(=O)c1cc2ccccc2o1. The van der Waals surface area contributed by atoms with Gasteiger partial charge < -0.3 is 9.15 Å². The zero-order valence-electron chi connectivity index (χ0n) is 9.84. The summed E-state index contributed by atoms with van der Waals surface area (Å²) in [5, 5.41) is 0.902. The van der Waals surface area contributed by atoms with E-state index in [4.69, 9.17) is 4.42 Å². The summed E-state index contributed by atoms with van der Waals surface area (Å²) in [5.74, 6) is 0.239. The predicted molar refractivity (Wildman–Crippen MR) is 69.9 cm³/mol. The fourth-order valence-corrected chi connectivity index (χ4v) is 2.19. The van der Waals surface area contributed by atoms with Crippen molar-refractivity contribution in [1.29, 1.82) is 0 Å². The number of furan rings is 1. The fourth-order valence-electron chi connectivity index (χ4n) is 1.48. The highest BCUT2D eigenvalue weighted by Crippen LogP contribution is 2.20. The summed E-state index contributed by atoms with van der Waals surface area (Å²) in [4.78, 5) is 22.7. The van der Waals surface area contributed by atoms with Crippen LogP contribution < -0.4 is 0 Å². The van der Waals surface area contributed by atoms with Crippen LogP contribution in [0, 0.1) is 0 Å². The first-order chi connectivity index (χ1) is 8.70. The van der Waals surface area contributed by atoms with Crippen molar-refractivity contribution in [3.8, 4) is 0 Å². The third-order valence-electron chi connectivity index (χ3n) is 2.38. The molecule has 0 N–H and O–H groups in total. The third kappa shape index (κ3) is 2.92. The molecule has 1 aromatic carbocycles. The predicted octanol–water partition coefficient (Wildman–Crippen LogP) is 2.52. The summed E-state index contributed by atoms with van der Waals surface area (Å²) in [6.45, 7) is 0. The van der Waals surface area contributed by atoms with Gasteiger partial charge in [-0.1, -0.05) is 18.2 Å². The Morgan fingerprint density at radius 2 is 2.06 bits per heavy atom. The van der Waals surface area contributed by atoms with Gasteiger partial charge in [-0.3, -0.25) is 9.59 Å². The first-order valence-corrected chi connectivity index (χ1v) is 6.52. The van der Waals surface area contributed by atoms with Crippen LogP contribution in [0.5, 0.6) is 0 Å². The number of para-hydroxylation sites is 1. The van der Waals surface area contributed by atoms with Crippen molar-refractivity contribution in [3.63, 3.8) is 0 Å². The average Bonchev–Trinajstić information content (AvgIpc) is 2.82. The van der Waals surface area contributed by atoms with E-state index in [2.05, 4.69) is 4.74 Å². The number of benzene rings is 1. The van der Waals surface area contributed by atoms with E-state index in [-0.39, 0.29) is 23.3 Å². The molecule has 0 aliphatic heterocycles. The minimum atomic E-state index is -0.336. The van der Waals surface area contributed by atoms with E-state index >= 15 is 0 Å². The van der Waals surface area contributed by atoms with E-state index in [0.29, 0.717) is 11.3 Å². The van der Waals surface area contributed by atoms with E-state index in [1.54, 1.807) is 6.07 Å². The van der Waals surface area contributed by atoms with Crippen LogP contribution in [0.2, 0.25) is 0 Å². The minimum Gasteiger partial charge on any atom is -0.468 e. The molecule has 0 saturated heterocycles. The lowest BCUT2D eigenvalue weighted by Crippen LogP contribution is -2.07. The van der Waals surface area contributed by atoms with E-state index in [0.717, 1.165) is 5.39 Å². The number of carbonyl (C=O) groups excluding carboxylic acids is 2. The maximum absolute atomic E-state index is 11.8. The number of esters is 1. The van der Waals surface area contributed by atoms with Gasteiger partial charge >= 0.3 is 5.97 Å². The highest BCUT2D eigenvalue weighted by atomic mass is 32.2. The smallest absolute Gasteiger partial charge is 0.315 e. The summed E-state index contributed by atoms with van der Waals surface area (Å²) in [5.41, 5.74) is 0.693. The van der Waals surface area contributed by atoms with Gasteiger partial charge in [-0.05, 0) is 12.1 Å². The number of carbonyl (C=O) groups is 2. The lowest BCUT2D eigenvalue weighted by molar-refractivity contribution is -0.137. The number of ketones is 1. The average molecular weight is 264 g/mol. The third-order valence-corrected chi connectivity index (χ3v) is 3.29. The van der Waals surface area contributed by atoms with Crippen LogP contribution in [0.15, 0.2) is 34.7 Å². The second kappa shape index (κ2) is 5.73.